The van der Waals surface area contributed by atoms with Crippen molar-refractivity contribution in [1.82, 2.24) is 4.90 Å². The van der Waals surface area contributed by atoms with Crippen LogP contribution in [0.15, 0.2) is 40.8 Å². The summed E-state index contributed by atoms with van der Waals surface area (Å²) in [6.45, 7) is 6.86. The van der Waals surface area contributed by atoms with E-state index in [2.05, 4.69) is 12.2 Å². The van der Waals surface area contributed by atoms with Gasteiger partial charge in [-0.25, -0.2) is 4.79 Å². The first-order chi connectivity index (χ1) is 12.5. The van der Waals surface area contributed by atoms with Gasteiger partial charge in [0.25, 0.3) is 0 Å². The number of carbonyl (C=O) groups excluding carboxylic acids is 2. The van der Waals surface area contributed by atoms with Gasteiger partial charge in [0.1, 0.15) is 11.5 Å². The highest BCUT2D eigenvalue weighted by atomic mass is 16.3. The van der Waals surface area contributed by atoms with Gasteiger partial charge in [0.05, 0.1) is 6.54 Å². The zero-order chi connectivity index (χ0) is 18.7. The molecular weight excluding hydrogens is 330 g/mol. The Labute approximate surface area is 153 Å². The molecule has 2 heterocycles. The first-order valence-corrected chi connectivity index (χ1v) is 9.01. The van der Waals surface area contributed by atoms with E-state index in [4.69, 9.17) is 4.42 Å². The van der Waals surface area contributed by atoms with Crippen LogP contribution < -0.4 is 10.2 Å². The molecule has 3 rings (SSSR count). The molecule has 6 heteroatoms. The van der Waals surface area contributed by atoms with E-state index >= 15 is 0 Å². The number of nitrogens with zero attached hydrogens (tertiary/aromatic N) is 2. The van der Waals surface area contributed by atoms with E-state index in [9.17, 15) is 9.59 Å². The first kappa shape index (κ1) is 18.0. The third-order valence-electron chi connectivity index (χ3n) is 4.69. The van der Waals surface area contributed by atoms with Crippen LogP contribution in [0.5, 0.6) is 0 Å². The molecule has 1 atom stereocenters. The molecule has 0 bridgehead atoms. The number of hydrogen-bond donors (Lipinski definition) is 1. The Bertz CT molecular complexity index is 782. The van der Waals surface area contributed by atoms with Crippen LogP contribution in [0, 0.1) is 6.92 Å². The molecule has 3 amide bonds. The molecular formula is C20H25N3O3. The van der Waals surface area contributed by atoms with Gasteiger partial charge < -0.3 is 19.5 Å². The molecule has 0 unspecified atom stereocenters. The monoisotopic (exact) mass is 355 g/mol. The van der Waals surface area contributed by atoms with Crippen LogP contribution in [-0.2, 0) is 11.3 Å². The lowest BCUT2D eigenvalue weighted by molar-refractivity contribution is -0.117. The second kappa shape index (κ2) is 7.64. The van der Waals surface area contributed by atoms with E-state index < -0.39 is 0 Å². The maximum atomic E-state index is 12.5. The number of furan rings is 1. The lowest BCUT2D eigenvalue weighted by atomic mass is 10.2. The highest BCUT2D eigenvalue weighted by Gasteiger charge is 2.28. The van der Waals surface area contributed by atoms with Gasteiger partial charge in [0, 0.05) is 30.4 Å². The normalized spacial score (nSPS) is 16.8. The van der Waals surface area contributed by atoms with Gasteiger partial charge in [-0.1, -0.05) is 0 Å². The Kier molecular flexibility index (Phi) is 5.30. The van der Waals surface area contributed by atoms with Gasteiger partial charge in [0.15, 0.2) is 0 Å². The molecule has 0 aliphatic carbocycles. The van der Waals surface area contributed by atoms with Crippen molar-refractivity contribution in [1.29, 1.82) is 0 Å². The van der Waals surface area contributed by atoms with Crippen molar-refractivity contribution in [3.63, 3.8) is 0 Å². The molecule has 6 nitrogen and oxygen atoms in total. The number of nitrogens with one attached hydrogen (secondary N) is 1. The predicted octanol–water partition coefficient (Wildman–Crippen LogP) is 4.16. The Morgan fingerprint density at radius 1 is 1.27 bits per heavy atom. The van der Waals surface area contributed by atoms with Crippen LogP contribution in [0.1, 0.15) is 38.2 Å². The molecule has 1 N–H and O–H groups in total. The number of carbonyl (C=O) groups is 2. The summed E-state index contributed by atoms with van der Waals surface area (Å²) >= 11 is 0. The number of amides is 3. The zero-order valence-electron chi connectivity index (χ0n) is 15.5. The highest BCUT2D eigenvalue weighted by molar-refractivity contribution is 5.96. The molecule has 1 aromatic heterocycles. The van der Waals surface area contributed by atoms with Crippen molar-refractivity contribution in [2.24, 2.45) is 0 Å². The number of anilines is 2. The van der Waals surface area contributed by atoms with Gasteiger partial charge in [-0.3, -0.25) is 4.79 Å². The van der Waals surface area contributed by atoms with E-state index in [0.717, 1.165) is 23.6 Å². The summed E-state index contributed by atoms with van der Waals surface area (Å²) in [6, 6.07) is 11.2. The van der Waals surface area contributed by atoms with Crippen molar-refractivity contribution in [3.05, 3.63) is 47.9 Å². The van der Waals surface area contributed by atoms with Crippen molar-refractivity contribution >= 4 is 23.3 Å². The zero-order valence-corrected chi connectivity index (χ0v) is 15.5. The molecule has 138 valence electrons. The second-order valence-corrected chi connectivity index (χ2v) is 6.65. The Morgan fingerprint density at radius 2 is 2.00 bits per heavy atom. The summed E-state index contributed by atoms with van der Waals surface area (Å²) in [4.78, 5) is 28.0. The standard InChI is InChI=1S/C20H25N3O3/c1-4-22(13-18-11-6-15(3)26-18)20(25)21-16-7-9-17(10-8-16)23-14(2)5-12-19(23)24/h6-11,14H,4-5,12-13H2,1-3H3,(H,21,25)/t14-/m1/s1. The molecule has 1 aliphatic rings. The van der Waals surface area contributed by atoms with Crippen molar-refractivity contribution in [3.8, 4) is 0 Å². The number of rotatable bonds is 5. The van der Waals surface area contributed by atoms with Crippen LogP contribution in [0.25, 0.3) is 0 Å². The summed E-state index contributed by atoms with van der Waals surface area (Å²) in [5.41, 5.74) is 1.57. The molecule has 1 aromatic carbocycles. The largest absolute Gasteiger partial charge is 0.464 e. The van der Waals surface area contributed by atoms with Gasteiger partial charge in [-0.2, -0.15) is 0 Å². The first-order valence-electron chi connectivity index (χ1n) is 9.01. The fourth-order valence-corrected chi connectivity index (χ4v) is 3.22. The molecule has 1 fully saturated rings. The van der Waals surface area contributed by atoms with E-state index in [-0.39, 0.29) is 18.0 Å². The van der Waals surface area contributed by atoms with E-state index in [1.54, 1.807) is 4.90 Å². The molecule has 1 saturated heterocycles. The number of urea groups is 1. The Balaban J connectivity index is 1.64. The summed E-state index contributed by atoms with van der Waals surface area (Å²) < 4.78 is 5.55. The van der Waals surface area contributed by atoms with Crippen LogP contribution >= 0.6 is 0 Å². The number of aryl methyl sites for hydroxylation is 1. The molecule has 0 saturated carbocycles. The second-order valence-electron chi connectivity index (χ2n) is 6.65. The smallest absolute Gasteiger partial charge is 0.322 e. The summed E-state index contributed by atoms with van der Waals surface area (Å²) in [6.07, 6.45) is 1.48. The SMILES string of the molecule is CCN(Cc1ccc(C)o1)C(=O)Nc1ccc(N2C(=O)CC[C@H]2C)cc1. The van der Waals surface area contributed by atoms with Gasteiger partial charge in [-0.15, -0.1) is 0 Å². The minimum Gasteiger partial charge on any atom is -0.464 e. The highest BCUT2D eigenvalue weighted by Crippen LogP contribution is 2.27. The maximum absolute atomic E-state index is 12.5. The van der Waals surface area contributed by atoms with Crippen LogP contribution in [-0.4, -0.2) is 29.4 Å². The van der Waals surface area contributed by atoms with Crippen LogP contribution in [0.4, 0.5) is 16.2 Å². The lowest BCUT2D eigenvalue weighted by Gasteiger charge is -2.23. The summed E-state index contributed by atoms with van der Waals surface area (Å²) in [5.74, 6) is 1.74. The quantitative estimate of drug-likeness (QED) is 0.876. The third-order valence-corrected chi connectivity index (χ3v) is 4.69. The minimum absolute atomic E-state index is 0.153. The average Bonchev–Trinajstić information content (AvgIpc) is 3.18. The predicted molar refractivity (Wildman–Crippen MR) is 101 cm³/mol. The molecule has 1 aliphatic heterocycles. The number of benzene rings is 1. The molecule has 0 spiro atoms. The van der Waals surface area contributed by atoms with Gasteiger partial charge in [0.2, 0.25) is 5.91 Å². The van der Waals surface area contributed by atoms with Crippen LogP contribution in [0.3, 0.4) is 0 Å². The minimum atomic E-state index is -0.181. The fourth-order valence-electron chi connectivity index (χ4n) is 3.22. The Morgan fingerprint density at radius 3 is 2.54 bits per heavy atom. The molecule has 0 radical (unpaired) electrons. The molecule has 26 heavy (non-hydrogen) atoms. The fraction of sp³-hybridized carbons (Fsp3) is 0.400. The third kappa shape index (κ3) is 3.90. The topological polar surface area (TPSA) is 65.8 Å². The van der Waals surface area contributed by atoms with Crippen LogP contribution in [0.2, 0.25) is 0 Å². The van der Waals surface area contributed by atoms with Gasteiger partial charge >= 0.3 is 6.03 Å². The Hall–Kier alpha value is -2.76. The van der Waals surface area contributed by atoms with Crippen molar-refractivity contribution in [2.75, 3.05) is 16.8 Å². The summed E-state index contributed by atoms with van der Waals surface area (Å²) in [5, 5.41) is 2.90. The summed E-state index contributed by atoms with van der Waals surface area (Å²) in [7, 11) is 0. The van der Waals surface area contributed by atoms with E-state index in [1.807, 2.05) is 55.1 Å². The van der Waals surface area contributed by atoms with E-state index in [0.29, 0.717) is 25.2 Å². The average molecular weight is 355 g/mol. The maximum Gasteiger partial charge on any atom is 0.322 e. The van der Waals surface area contributed by atoms with Crippen molar-refractivity contribution in [2.45, 2.75) is 46.2 Å². The lowest BCUT2D eigenvalue weighted by Crippen LogP contribution is -2.34. The van der Waals surface area contributed by atoms with Crippen molar-refractivity contribution < 1.29 is 14.0 Å². The number of hydrogen-bond acceptors (Lipinski definition) is 3. The van der Waals surface area contributed by atoms with E-state index in [1.165, 1.54) is 0 Å². The molecule has 2 aromatic rings. The van der Waals surface area contributed by atoms with Gasteiger partial charge in [-0.05, 0) is 63.6 Å².